The van der Waals surface area contributed by atoms with Crippen LogP contribution < -0.4 is 9.64 Å². The highest BCUT2D eigenvalue weighted by Gasteiger charge is 2.80. The number of fused-ring (bicyclic) bond motifs is 6. The van der Waals surface area contributed by atoms with Gasteiger partial charge >= 0.3 is 17.9 Å². The summed E-state index contributed by atoms with van der Waals surface area (Å²) in [7, 11) is 7.52. The number of benzene rings is 2. The molecule has 6 heterocycles. The summed E-state index contributed by atoms with van der Waals surface area (Å²) in [5.41, 5.74) is -1.87. The molecular formula is C47H60N4O10. The normalized spacial score (nSPS) is 36.1. The predicted octanol–water partition coefficient (Wildman–Crippen LogP) is 3.62. The lowest BCUT2D eigenvalue weighted by molar-refractivity contribution is -0.230. The van der Waals surface area contributed by atoms with Crippen molar-refractivity contribution in [3.8, 4) is 5.75 Å². The summed E-state index contributed by atoms with van der Waals surface area (Å²) in [5.74, 6) is -1.72. The van der Waals surface area contributed by atoms with Crippen LogP contribution in [0.4, 0.5) is 5.69 Å². The molecule has 1 aromatic heterocycles. The van der Waals surface area contributed by atoms with E-state index in [2.05, 4.69) is 26.9 Å². The Bertz CT molecular complexity index is 2300. The first-order valence-electron chi connectivity index (χ1n) is 21.8. The van der Waals surface area contributed by atoms with E-state index in [1.165, 1.54) is 21.3 Å². The number of anilines is 1. The summed E-state index contributed by atoms with van der Waals surface area (Å²) < 4.78 is 29.3. The molecule has 14 nitrogen and oxygen atoms in total. The van der Waals surface area contributed by atoms with Gasteiger partial charge in [-0.05, 0) is 74.2 Å². The maximum atomic E-state index is 15.4. The van der Waals surface area contributed by atoms with Crippen molar-refractivity contribution < 1.29 is 48.3 Å². The van der Waals surface area contributed by atoms with E-state index in [1.807, 2.05) is 62.2 Å². The molecule has 1 spiro atoms. The summed E-state index contributed by atoms with van der Waals surface area (Å²) in [5, 5.41) is 26.5. The van der Waals surface area contributed by atoms with Crippen molar-refractivity contribution in [2.24, 2.45) is 11.3 Å². The number of para-hydroxylation sites is 1. The summed E-state index contributed by atoms with van der Waals surface area (Å²) in [4.78, 5) is 53.8. The van der Waals surface area contributed by atoms with Crippen LogP contribution in [0.5, 0.6) is 5.75 Å². The molecule has 3 aromatic rings. The molecule has 0 radical (unpaired) electrons. The van der Waals surface area contributed by atoms with Crippen LogP contribution in [-0.2, 0) is 50.6 Å². The van der Waals surface area contributed by atoms with Crippen molar-refractivity contribution >= 4 is 34.5 Å². The third-order valence-electron chi connectivity index (χ3n) is 15.8. The number of carbonyl (C=O) groups is 3. The first-order valence-corrected chi connectivity index (χ1v) is 21.8. The molecule has 14 heteroatoms. The van der Waals surface area contributed by atoms with Crippen LogP contribution >= 0.6 is 0 Å². The molecule has 328 valence electrons. The number of rotatable bonds is 9. The van der Waals surface area contributed by atoms with Crippen molar-refractivity contribution in [1.82, 2.24) is 14.8 Å². The highest BCUT2D eigenvalue weighted by molar-refractivity contribution is 5.95. The van der Waals surface area contributed by atoms with Gasteiger partial charge in [-0.2, -0.15) is 0 Å². The van der Waals surface area contributed by atoms with Crippen LogP contribution in [0.15, 0.2) is 48.6 Å². The van der Waals surface area contributed by atoms with Crippen LogP contribution in [0.3, 0.4) is 0 Å². The van der Waals surface area contributed by atoms with E-state index in [1.54, 1.807) is 7.11 Å². The van der Waals surface area contributed by atoms with Gasteiger partial charge in [0.05, 0.1) is 33.0 Å². The van der Waals surface area contributed by atoms with Crippen molar-refractivity contribution in [1.29, 1.82) is 0 Å². The lowest BCUT2D eigenvalue weighted by Crippen LogP contribution is -2.81. The maximum absolute atomic E-state index is 15.4. The second-order valence-corrected chi connectivity index (χ2v) is 18.5. The largest absolute Gasteiger partial charge is 0.496 e. The van der Waals surface area contributed by atoms with E-state index < -0.39 is 57.5 Å². The van der Waals surface area contributed by atoms with Crippen molar-refractivity contribution in [3.05, 3.63) is 70.9 Å². The standard InChI is InChI=1S/C47H60N4O10/c1-8-43(55)23-28-24-46(41(53)59-6,37-30(15-19-50(25-28)27-43)29-13-10-11-14-33(29)48-37)32-21-31-34(22-35(32)58-5)49(3)39-45(31)17-20-51-18-12-16-44(9-2,38(45)51)40(61-36(52)26-57-4)47(39,56)42(54)60-7/h10-14,16,21-22,28,38-40,48,55-56H,8-9,15,17-20,23-27H2,1-7H3. The number of nitrogens with one attached hydrogen (secondary N) is 1. The van der Waals surface area contributed by atoms with E-state index in [0.29, 0.717) is 82.6 Å². The summed E-state index contributed by atoms with van der Waals surface area (Å²) in [6.45, 7) is 6.87. The molecule has 1 saturated carbocycles. The lowest BCUT2D eigenvalue weighted by atomic mass is 9.47. The SMILES string of the molecule is CCC1(O)CC2CN(CCc3c([nH]c4ccccc34)C(C(=O)OC)(c3cc4c(cc3OC)N(C)C3C(O)(C(=O)OC)C(OC(=O)COC)C5(CC)C=CCN6CCC43C65)C2)C1. The van der Waals surface area contributed by atoms with Crippen molar-refractivity contribution in [3.63, 3.8) is 0 Å². The van der Waals surface area contributed by atoms with Crippen molar-refractivity contribution in [2.75, 3.05) is 79.7 Å². The van der Waals surface area contributed by atoms with Crippen molar-refractivity contribution in [2.45, 2.75) is 92.6 Å². The van der Waals surface area contributed by atoms with Crippen LogP contribution in [0.25, 0.3) is 10.9 Å². The zero-order chi connectivity index (χ0) is 43.3. The molecule has 2 saturated heterocycles. The number of esters is 3. The molecule has 2 bridgehead atoms. The molecule has 10 unspecified atom stereocenters. The highest BCUT2D eigenvalue weighted by Crippen LogP contribution is 2.68. The number of ether oxygens (including phenoxy) is 5. The van der Waals surface area contributed by atoms with E-state index in [9.17, 15) is 19.8 Å². The monoisotopic (exact) mass is 840 g/mol. The molecule has 61 heavy (non-hydrogen) atoms. The van der Waals surface area contributed by atoms with Crippen LogP contribution in [-0.4, -0.2) is 147 Å². The average Bonchev–Trinajstić information content (AvgIpc) is 3.93. The molecule has 5 aliphatic heterocycles. The fourth-order valence-corrected chi connectivity index (χ4v) is 13.6. The molecule has 6 aliphatic rings. The van der Waals surface area contributed by atoms with E-state index in [4.69, 9.17) is 23.7 Å². The Morgan fingerprint density at radius 3 is 2.41 bits per heavy atom. The Balaban J connectivity index is 1.35. The first-order chi connectivity index (χ1) is 29.3. The molecule has 3 fully saturated rings. The molecule has 2 aromatic carbocycles. The fraction of sp³-hybridized carbons (Fsp3) is 0.596. The van der Waals surface area contributed by atoms with Crippen LogP contribution in [0, 0.1) is 11.3 Å². The Labute approximate surface area is 357 Å². The summed E-state index contributed by atoms with van der Waals surface area (Å²) >= 11 is 0. The van der Waals surface area contributed by atoms with Gasteiger partial charge in [0.15, 0.2) is 6.10 Å². The maximum Gasteiger partial charge on any atom is 0.344 e. The number of likely N-dealkylation sites (N-methyl/N-ethyl adjacent to an activating group) is 1. The van der Waals surface area contributed by atoms with E-state index >= 15 is 4.79 Å². The van der Waals surface area contributed by atoms with Gasteiger partial charge in [0, 0.05) is 91.1 Å². The number of aromatic amines is 1. The highest BCUT2D eigenvalue weighted by atomic mass is 16.6. The third-order valence-corrected chi connectivity index (χ3v) is 15.8. The smallest absolute Gasteiger partial charge is 0.344 e. The second kappa shape index (κ2) is 14.8. The number of aromatic nitrogens is 1. The first kappa shape index (κ1) is 41.9. The number of piperidine rings is 1. The van der Waals surface area contributed by atoms with Crippen LogP contribution in [0.2, 0.25) is 0 Å². The minimum Gasteiger partial charge on any atom is -0.496 e. The average molecular weight is 841 g/mol. The van der Waals surface area contributed by atoms with Gasteiger partial charge in [-0.15, -0.1) is 0 Å². The van der Waals surface area contributed by atoms with Gasteiger partial charge in [0.25, 0.3) is 0 Å². The van der Waals surface area contributed by atoms with Gasteiger partial charge in [-0.25, -0.2) is 9.59 Å². The van der Waals surface area contributed by atoms with E-state index in [0.717, 1.165) is 33.4 Å². The minimum atomic E-state index is -2.36. The molecule has 3 N–H and O–H groups in total. The van der Waals surface area contributed by atoms with E-state index in [-0.39, 0.29) is 18.6 Å². The number of carbonyl (C=O) groups excluding carboxylic acids is 3. The third kappa shape index (κ3) is 5.60. The van der Waals surface area contributed by atoms with Gasteiger partial charge in [-0.3, -0.25) is 14.6 Å². The zero-order valence-corrected chi connectivity index (χ0v) is 36.4. The number of methoxy groups -OCH3 is 4. The minimum absolute atomic E-state index is 0.110. The lowest BCUT2D eigenvalue weighted by Gasteiger charge is -2.63. The van der Waals surface area contributed by atoms with Gasteiger partial charge < -0.3 is 43.8 Å². The number of aliphatic hydroxyl groups is 2. The molecule has 9 rings (SSSR count). The Kier molecular flexibility index (Phi) is 10.2. The molecule has 10 atom stereocenters. The Morgan fingerprint density at radius 1 is 0.934 bits per heavy atom. The molecular weight excluding hydrogens is 781 g/mol. The topological polar surface area (TPSA) is 163 Å². The van der Waals surface area contributed by atoms with Crippen LogP contribution in [0.1, 0.15) is 68.3 Å². The zero-order valence-electron chi connectivity index (χ0n) is 36.4. The van der Waals surface area contributed by atoms with Gasteiger partial charge in [-0.1, -0.05) is 44.2 Å². The summed E-state index contributed by atoms with van der Waals surface area (Å²) in [6.07, 6.45) is 5.75. The second-order valence-electron chi connectivity index (χ2n) is 18.5. The van der Waals surface area contributed by atoms with Gasteiger partial charge in [0.2, 0.25) is 5.60 Å². The number of hydrogen-bond acceptors (Lipinski definition) is 13. The summed E-state index contributed by atoms with van der Waals surface area (Å²) in [6, 6.07) is 10.8. The van der Waals surface area contributed by atoms with Gasteiger partial charge in [0.1, 0.15) is 17.8 Å². The number of nitrogens with zero attached hydrogens (tertiary/aromatic N) is 3. The molecule has 1 aliphatic carbocycles. The number of hydrogen-bond donors (Lipinski definition) is 3. The Morgan fingerprint density at radius 2 is 1.70 bits per heavy atom. The number of H-pyrrole nitrogens is 1. The Hall–Kier alpha value is -4.47. The quantitative estimate of drug-likeness (QED) is 0.163. The molecule has 0 amide bonds. The predicted molar refractivity (Wildman–Crippen MR) is 227 cm³/mol. The fourth-order valence-electron chi connectivity index (χ4n) is 13.6.